The maximum Gasteiger partial charge on any atom is 0.243 e. The van der Waals surface area contributed by atoms with Gasteiger partial charge in [-0.2, -0.15) is 4.31 Å². The topological polar surface area (TPSA) is 46.6 Å². The fourth-order valence-corrected chi connectivity index (χ4v) is 3.79. The molecule has 19 heavy (non-hydrogen) atoms. The SMILES string of the molecule is Cc1ccc(S(=O)(=O)N2CC3=COC=CC3C2)cc1. The minimum atomic E-state index is -3.41. The molecule has 0 amide bonds. The Hall–Kier alpha value is -1.59. The first kappa shape index (κ1) is 12.4. The van der Waals surface area contributed by atoms with Crippen molar-refractivity contribution >= 4 is 10.0 Å². The maximum atomic E-state index is 12.5. The molecular weight excluding hydrogens is 262 g/mol. The lowest BCUT2D eigenvalue weighted by atomic mass is 10.0. The molecular formula is C14H15NO3S. The number of nitrogens with zero attached hydrogens (tertiary/aromatic N) is 1. The predicted molar refractivity (Wildman–Crippen MR) is 71.7 cm³/mol. The third kappa shape index (κ3) is 2.19. The van der Waals surface area contributed by atoms with E-state index >= 15 is 0 Å². The number of fused-ring (bicyclic) bond motifs is 1. The highest BCUT2D eigenvalue weighted by Crippen LogP contribution is 2.30. The second-order valence-electron chi connectivity index (χ2n) is 4.87. The second kappa shape index (κ2) is 4.51. The Morgan fingerprint density at radius 2 is 2.00 bits per heavy atom. The number of aryl methyl sites for hydroxylation is 1. The van der Waals surface area contributed by atoms with Gasteiger partial charge >= 0.3 is 0 Å². The molecule has 0 saturated carbocycles. The Labute approximate surface area is 113 Å². The van der Waals surface area contributed by atoms with E-state index in [1.807, 2.05) is 25.1 Å². The van der Waals surface area contributed by atoms with Crippen LogP contribution in [0.1, 0.15) is 5.56 Å². The quantitative estimate of drug-likeness (QED) is 0.831. The van der Waals surface area contributed by atoms with Crippen LogP contribution >= 0.6 is 0 Å². The van der Waals surface area contributed by atoms with Crippen LogP contribution in [0.2, 0.25) is 0 Å². The predicted octanol–water partition coefficient (Wildman–Crippen LogP) is 2.04. The van der Waals surface area contributed by atoms with E-state index in [-0.39, 0.29) is 5.92 Å². The average Bonchev–Trinajstić information content (AvgIpc) is 2.83. The average molecular weight is 277 g/mol. The third-order valence-electron chi connectivity index (χ3n) is 3.50. The number of sulfonamides is 1. The second-order valence-corrected chi connectivity index (χ2v) is 6.81. The molecule has 1 saturated heterocycles. The largest absolute Gasteiger partial charge is 0.473 e. The van der Waals surface area contributed by atoms with Gasteiger partial charge < -0.3 is 4.74 Å². The van der Waals surface area contributed by atoms with Gasteiger partial charge in [-0.1, -0.05) is 17.7 Å². The van der Waals surface area contributed by atoms with E-state index < -0.39 is 10.0 Å². The van der Waals surface area contributed by atoms with Crippen molar-refractivity contribution in [1.29, 1.82) is 0 Å². The summed E-state index contributed by atoms with van der Waals surface area (Å²) in [6.45, 7) is 2.83. The van der Waals surface area contributed by atoms with Crippen molar-refractivity contribution in [3.63, 3.8) is 0 Å². The first-order valence-electron chi connectivity index (χ1n) is 6.15. The van der Waals surface area contributed by atoms with Crippen molar-refractivity contribution in [3.8, 4) is 0 Å². The first-order valence-corrected chi connectivity index (χ1v) is 7.59. The molecule has 1 aromatic carbocycles. The Morgan fingerprint density at radius 3 is 2.68 bits per heavy atom. The highest BCUT2D eigenvalue weighted by atomic mass is 32.2. The van der Waals surface area contributed by atoms with Crippen molar-refractivity contribution in [2.45, 2.75) is 11.8 Å². The molecule has 0 aliphatic carbocycles. The fraction of sp³-hybridized carbons (Fsp3) is 0.286. The van der Waals surface area contributed by atoms with Gasteiger partial charge in [0.1, 0.15) is 0 Å². The third-order valence-corrected chi connectivity index (χ3v) is 5.33. The lowest BCUT2D eigenvalue weighted by Gasteiger charge is -2.15. The molecule has 0 aromatic heterocycles. The number of hydrogen-bond donors (Lipinski definition) is 0. The molecule has 1 unspecified atom stereocenters. The van der Waals surface area contributed by atoms with Gasteiger partial charge in [0, 0.05) is 19.0 Å². The van der Waals surface area contributed by atoms with Crippen LogP contribution in [0.15, 0.2) is 53.3 Å². The van der Waals surface area contributed by atoms with E-state index in [1.165, 1.54) is 4.31 Å². The van der Waals surface area contributed by atoms with E-state index in [4.69, 9.17) is 4.74 Å². The Kier molecular flexibility index (Phi) is 2.95. The summed E-state index contributed by atoms with van der Waals surface area (Å²) >= 11 is 0. The van der Waals surface area contributed by atoms with Gasteiger partial charge in [0.15, 0.2) is 0 Å². The molecule has 100 valence electrons. The summed E-state index contributed by atoms with van der Waals surface area (Å²) in [5.74, 6) is 0.147. The molecule has 0 bridgehead atoms. The van der Waals surface area contributed by atoms with E-state index in [0.29, 0.717) is 18.0 Å². The van der Waals surface area contributed by atoms with E-state index in [2.05, 4.69) is 0 Å². The summed E-state index contributed by atoms with van der Waals surface area (Å²) in [6.07, 6.45) is 5.16. The number of rotatable bonds is 2. The van der Waals surface area contributed by atoms with Gasteiger partial charge in [-0.25, -0.2) is 8.42 Å². The van der Waals surface area contributed by atoms with Gasteiger partial charge in [0.2, 0.25) is 10.0 Å². The molecule has 5 heteroatoms. The van der Waals surface area contributed by atoms with Crippen LogP contribution in [0, 0.1) is 12.8 Å². The fourth-order valence-electron chi connectivity index (χ4n) is 2.34. The Morgan fingerprint density at radius 1 is 1.26 bits per heavy atom. The number of hydrogen-bond acceptors (Lipinski definition) is 3. The van der Waals surface area contributed by atoms with Crippen molar-refractivity contribution < 1.29 is 13.2 Å². The van der Waals surface area contributed by atoms with Crippen molar-refractivity contribution in [1.82, 2.24) is 4.31 Å². The van der Waals surface area contributed by atoms with Crippen molar-refractivity contribution in [2.24, 2.45) is 5.92 Å². The van der Waals surface area contributed by atoms with Gasteiger partial charge in [-0.05, 0) is 30.7 Å². The standard InChI is InChI=1S/C14H15NO3S/c1-11-2-4-14(5-3-11)19(16,17)15-8-12-6-7-18-10-13(12)9-15/h2-7,10,12H,8-9H2,1H3. The number of ether oxygens (including phenoxy) is 1. The summed E-state index contributed by atoms with van der Waals surface area (Å²) in [5.41, 5.74) is 2.06. The van der Waals surface area contributed by atoms with Crippen LogP contribution < -0.4 is 0 Å². The monoisotopic (exact) mass is 277 g/mol. The highest BCUT2D eigenvalue weighted by molar-refractivity contribution is 7.89. The molecule has 1 fully saturated rings. The zero-order chi connectivity index (χ0) is 13.5. The molecule has 2 heterocycles. The highest BCUT2D eigenvalue weighted by Gasteiger charge is 2.35. The van der Waals surface area contributed by atoms with Crippen LogP contribution in [0.5, 0.6) is 0 Å². The van der Waals surface area contributed by atoms with Crippen LogP contribution in [-0.4, -0.2) is 25.8 Å². The van der Waals surface area contributed by atoms with Crippen LogP contribution in [-0.2, 0) is 14.8 Å². The lowest BCUT2D eigenvalue weighted by molar-refractivity contribution is 0.380. The summed E-state index contributed by atoms with van der Waals surface area (Å²) in [4.78, 5) is 0.349. The Bertz CT molecular complexity index is 644. The molecule has 1 atom stereocenters. The summed E-state index contributed by atoms with van der Waals surface area (Å²) in [7, 11) is -3.41. The molecule has 3 rings (SSSR count). The summed E-state index contributed by atoms with van der Waals surface area (Å²) < 4.78 is 31.7. The zero-order valence-electron chi connectivity index (χ0n) is 10.6. The maximum absolute atomic E-state index is 12.5. The smallest absolute Gasteiger partial charge is 0.243 e. The van der Waals surface area contributed by atoms with E-state index in [1.54, 1.807) is 24.7 Å². The molecule has 0 spiro atoms. The number of benzene rings is 1. The minimum absolute atomic E-state index is 0.147. The van der Waals surface area contributed by atoms with Gasteiger partial charge in [0.05, 0.1) is 17.4 Å². The molecule has 0 radical (unpaired) electrons. The molecule has 2 aliphatic rings. The first-order chi connectivity index (χ1) is 9.07. The van der Waals surface area contributed by atoms with Crippen molar-refractivity contribution in [2.75, 3.05) is 13.1 Å². The van der Waals surface area contributed by atoms with E-state index in [0.717, 1.165) is 11.1 Å². The summed E-state index contributed by atoms with van der Waals surface area (Å²) in [5, 5.41) is 0. The van der Waals surface area contributed by atoms with Gasteiger partial charge in [-0.3, -0.25) is 0 Å². The molecule has 4 nitrogen and oxygen atoms in total. The van der Waals surface area contributed by atoms with Gasteiger partial charge in [0.25, 0.3) is 0 Å². The Balaban J connectivity index is 1.90. The van der Waals surface area contributed by atoms with Gasteiger partial charge in [-0.15, -0.1) is 0 Å². The normalized spacial score (nSPS) is 22.8. The molecule has 1 aromatic rings. The summed E-state index contributed by atoms with van der Waals surface area (Å²) in [6, 6.07) is 6.96. The van der Waals surface area contributed by atoms with Crippen molar-refractivity contribution in [3.05, 3.63) is 54.0 Å². The van der Waals surface area contributed by atoms with Crippen LogP contribution in [0.25, 0.3) is 0 Å². The lowest BCUT2D eigenvalue weighted by Crippen LogP contribution is -2.28. The molecule has 2 aliphatic heterocycles. The van der Waals surface area contributed by atoms with Crippen LogP contribution in [0.3, 0.4) is 0 Å². The zero-order valence-corrected chi connectivity index (χ0v) is 11.4. The minimum Gasteiger partial charge on any atom is -0.473 e. The molecule has 0 N–H and O–H groups in total. The van der Waals surface area contributed by atoms with E-state index in [9.17, 15) is 8.42 Å². The van der Waals surface area contributed by atoms with Crippen LogP contribution in [0.4, 0.5) is 0 Å².